The van der Waals surface area contributed by atoms with Gasteiger partial charge in [-0.25, -0.2) is 0 Å². The van der Waals surface area contributed by atoms with Crippen LogP contribution in [0, 0.1) is 0 Å². The van der Waals surface area contributed by atoms with Gasteiger partial charge in [0.05, 0.1) is 12.1 Å². The number of rotatable bonds is 1. The first-order valence-electron chi connectivity index (χ1n) is 5.03. The van der Waals surface area contributed by atoms with E-state index in [2.05, 4.69) is 28.7 Å². The predicted octanol–water partition coefficient (Wildman–Crippen LogP) is -0.0654. The highest BCUT2D eigenvalue weighted by Crippen LogP contribution is 2.18. The fraction of sp³-hybridized carbons (Fsp3) is 0.778. The zero-order chi connectivity index (χ0) is 10.1. The molecule has 1 aromatic rings. The number of piperidine rings is 1. The molecule has 1 saturated heterocycles. The SMILES string of the molecule is CC1CCCC(C)N1[n+]1cc([O-])on1. The van der Waals surface area contributed by atoms with Crippen LogP contribution in [0.15, 0.2) is 10.7 Å². The number of nitrogens with zero attached hydrogens (tertiary/aromatic N) is 3. The van der Waals surface area contributed by atoms with Crippen LogP contribution in [0.2, 0.25) is 0 Å². The van der Waals surface area contributed by atoms with Gasteiger partial charge in [-0.05, 0) is 33.1 Å². The van der Waals surface area contributed by atoms with Crippen molar-refractivity contribution in [3.63, 3.8) is 0 Å². The quantitative estimate of drug-likeness (QED) is 0.592. The molecule has 0 aliphatic carbocycles. The molecule has 0 aromatic carbocycles. The van der Waals surface area contributed by atoms with E-state index in [1.54, 1.807) is 0 Å². The highest BCUT2D eigenvalue weighted by atomic mass is 16.6. The smallest absolute Gasteiger partial charge is 0.255 e. The highest BCUT2D eigenvalue weighted by Gasteiger charge is 2.32. The van der Waals surface area contributed by atoms with Crippen LogP contribution in [-0.2, 0) is 0 Å². The Kier molecular flexibility index (Phi) is 2.31. The Balaban J connectivity index is 2.22. The van der Waals surface area contributed by atoms with Gasteiger partial charge in [-0.3, -0.25) is 0 Å². The van der Waals surface area contributed by atoms with E-state index < -0.39 is 5.95 Å². The van der Waals surface area contributed by atoms with Crippen LogP contribution in [0.1, 0.15) is 33.1 Å². The van der Waals surface area contributed by atoms with Crippen LogP contribution in [0.3, 0.4) is 0 Å². The fourth-order valence-electron chi connectivity index (χ4n) is 2.14. The van der Waals surface area contributed by atoms with Gasteiger partial charge in [-0.2, -0.15) is 0 Å². The topological polar surface area (TPSA) is 56.2 Å². The molecule has 0 radical (unpaired) electrons. The highest BCUT2D eigenvalue weighted by molar-refractivity contribution is 4.92. The molecular formula is C9H15N3O2. The third-order valence-electron chi connectivity index (χ3n) is 2.82. The van der Waals surface area contributed by atoms with E-state index in [4.69, 9.17) is 0 Å². The molecule has 5 nitrogen and oxygen atoms in total. The minimum absolute atomic E-state index is 0.394. The lowest BCUT2D eigenvalue weighted by atomic mass is 10.00. The van der Waals surface area contributed by atoms with Crippen molar-refractivity contribution in [1.82, 2.24) is 5.27 Å². The number of aromatic nitrogens is 2. The van der Waals surface area contributed by atoms with Crippen molar-refractivity contribution in [1.29, 1.82) is 0 Å². The van der Waals surface area contributed by atoms with Crippen molar-refractivity contribution in [2.75, 3.05) is 5.01 Å². The van der Waals surface area contributed by atoms with E-state index in [0.29, 0.717) is 12.1 Å². The Morgan fingerprint density at radius 2 is 2.14 bits per heavy atom. The maximum atomic E-state index is 10.9. The number of hydrogen-bond acceptors (Lipinski definition) is 4. The number of hydrogen-bond donors (Lipinski definition) is 0. The first kappa shape index (κ1) is 9.30. The molecule has 0 N–H and O–H groups in total. The molecule has 0 amide bonds. The van der Waals surface area contributed by atoms with Crippen LogP contribution in [0.25, 0.3) is 0 Å². The van der Waals surface area contributed by atoms with Crippen LogP contribution >= 0.6 is 0 Å². The molecule has 2 unspecified atom stereocenters. The van der Waals surface area contributed by atoms with Crippen LogP contribution in [0.4, 0.5) is 0 Å². The summed E-state index contributed by atoms with van der Waals surface area (Å²) < 4.78 is 4.53. The second-order valence-corrected chi connectivity index (χ2v) is 3.95. The molecule has 1 fully saturated rings. The first-order chi connectivity index (χ1) is 6.68. The summed E-state index contributed by atoms with van der Waals surface area (Å²) in [5.74, 6) is -0.394. The summed E-state index contributed by atoms with van der Waals surface area (Å²) in [7, 11) is 0. The van der Waals surface area contributed by atoms with Crippen molar-refractivity contribution >= 4 is 0 Å². The summed E-state index contributed by atoms with van der Waals surface area (Å²) >= 11 is 0. The molecule has 0 bridgehead atoms. The summed E-state index contributed by atoms with van der Waals surface area (Å²) in [6, 6.07) is 0.821. The monoisotopic (exact) mass is 197 g/mol. The van der Waals surface area contributed by atoms with Gasteiger partial charge in [0.2, 0.25) is 0 Å². The molecule has 2 atom stereocenters. The molecule has 1 aliphatic rings. The summed E-state index contributed by atoms with van der Waals surface area (Å²) in [5.41, 5.74) is 0. The van der Waals surface area contributed by atoms with Gasteiger partial charge in [-0.1, -0.05) is 0 Å². The van der Waals surface area contributed by atoms with E-state index >= 15 is 0 Å². The van der Waals surface area contributed by atoms with Crippen LogP contribution < -0.4 is 14.9 Å². The lowest BCUT2D eigenvalue weighted by Crippen LogP contribution is -2.67. The molecule has 0 saturated carbocycles. The predicted molar refractivity (Wildman–Crippen MR) is 47.1 cm³/mol. The zero-order valence-corrected chi connectivity index (χ0v) is 8.51. The largest absolute Gasteiger partial charge is 0.539 e. The van der Waals surface area contributed by atoms with Crippen molar-refractivity contribution in [2.24, 2.45) is 0 Å². The molecule has 14 heavy (non-hydrogen) atoms. The normalized spacial score (nSPS) is 28.0. The van der Waals surface area contributed by atoms with Gasteiger partial charge in [0.25, 0.3) is 6.20 Å². The van der Waals surface area contributed by atoms with Crippen LogP contribution in [0.5, 0.6) is 5.95 Å². The lowest BCUT2D eigenvalue weighted by molar-refractivity contribution is -0.766. The van der Waals surface area contributed by atoms with E-state index in [9.17, 15) is 5.11 Å². The summed E-state index contributed by atoms with van der Waals surface area (Å²) in [6.07, 6.45) is 4.90. The summed E-state index contributed by atoms with van der Waals surface area (Å²) in [6.45, 7) is 4.28. The Morgan fingerprint density at radius 3 is 2.64 bits per heavy atom. The molecule has 5 heteroatoms. The van der Waals surface area contributed by atoms with Gasteiger partial charge < -0.3 is 9.63 Å². The average Bonchev–Trinajstić information content (AvgIpc) is 2.51. The molecule has 0 spiro atoms. The minimum atomic E-state index is -0.394. The van der Waals surface area contributed by atoms with Gasteiger partial charge in [0, 0.05) is 4.79 Å². The van der Waals surface area contributed by atoms with Gasteiger partial charge in [0.1, 0.15) is 5.27 Å². The Labute approximate surface area is 82.9 Å². The van der Waals surface area contributed by atoms with E-state index in [0.717, 1.165) is 12.8 Å². The average molecular weight is 197 g/mol. The van der Waals surface area contributed by atoms with Gasteiger partial charge in [-0.15, -0.1) is 5.01 Å². The Bertz CT molecular complexity index is 303. The van der Waals surface area contributed by atoms with Crippen molar-refractivity contribution in [3.05, 3.63) is 6.20 Å². The molecule has 1 aliphatic heterocycles. The van der Waals surface area contributed by atoms with E-state index in [1.165, 1.54) is 17.4 Å². The summed E-state index contributed by atoms with van der Waals surface area (Å²) in [4.78, 5) is 1.54. The Hall–Kier alpha value is -1.26. The molecule has 2 rings (SSSR count). The molecular weight excluding hydrogens is 182 g/mol. The molecule has 1 aromatic heterocycles. The molecule has 2 heterocycles. The minimum Gasteiger partial charge on any atom is -0.539 e. The third kappa shape index (κ3) is 1.54. The van der Waals surface area contributed by atoms with E-state index in [-0.39, 0.29) is 0 Å². The van der Waals surface area contributed by atoms with Crippen molar-refractivity contribution < 1.29 is 14.4 Å². The first-order valence-corrected chi connectivity index (χ1v) is 5.03. The van der Waals surface area contributed by atoms with Crippen molar-refractivity contribution in [3.8, 4) is 5.95 Å². The van der Waals surface area contributed by atoms with Gasteiger partial charge in [0.15, 0.2) is 5.95 Å². The second-order valence-electron chi connectivity index (χ2n) is 3.95. The van der Waals surface area contributed by atoms with Gasteiger partial charge >= 0.3 is 0 Å². The standard InChI is InChI=1S/C9H15N3O2/c1-7-4-3-5-8(2)12(7)11-6-9(13)14-10-11/h6-8H,3-5H2,1-2H3. The lowest BCUT2D eigenvalue weighted by Gasteiger charge is -2.31. The fourth-order valence-corrected chi connectivity index (χ4v) is 2.14. The van der Waals surface area contributed by atoms with Crippen LogP contribution in [-0.4, -0.2) is 17.4 Å². The maximum absolute atomic E-state index is 10.9. The molecule has 78 valence electrons. The maximum Gasteiger partial charge on any atom is 0.255 e. The Morgan fingerprint density at radius 1 is 1.50 bits per heavy atom. The third-order valence-corrected chi connectivity index (χ3v) is 2.82. The second kappa shape index (κ2) is 3.48. The zero-order valence-electron chi connectivity index (χ0n) is 8.51. The van der Waals surface area contributed by atoms with Crippen molar-refractivity contribution in [2.45, 2.75) is 45.2 Å². The van der Waals surface area contributed by atoms with E-state index in [1.807, 2.05) is 0 Å². The summed E-state index contributed by atoms with van der Waals surface area (Å²) in [5, 5.41) is 16.7.